The second-order valence-corrected chi connectivity index (χ2v) is 4.11. The normalized spacial score (nSPS) is 27.6. The van der Waals surface area contributed by atoms with Gasteiger partial charge in [-0.1, -0.05) is 6.92 Å². The predicted molar refractivity (Wildman–Crippen MR) is 58.8 cm³/mol. The number of aryl methyl sites for hydroxylation is 1. The summed E-state index contributed by atoms with van der Waals surface area (Å²) in [6.07, 6.45) is 2.33. The Hall–Kier alpha value is -0.800. The van der Waals surface area contributed by atoms with Gasteiger partial charge in [-0.05, 0) is 31.9 Å². The van der Waals surface area contributed by atoms with Gasteiger partial charge in [-0.25, -0.2) is 0 Å². The zero-order valence-electron chi connectivity index (χ0n) is 9.45. The average molecular weight is 209 g/mol. The lowest BCUT2D eigenvalue weighted by Crippen LogP contribution is -2.29. The molecule has 1 N–H and O–H groups in total. The fraction of sp³-hybridized carbons (Fsp3) is 0.667. The molecule has 2 rings (SSSR count). The minimum absolute atomic E-state index is 0.0789. The SMILES string of the molecule is CCC1CCOC(c2ccc(C)o2)CN1. The summed E-state index contributed by atoms with van der Waals surface area (Å²) >= 11 is 0. The number of hydrogen-bond acceptors (Lipinski definition) is 3. The first kappa shape index (κ1) is 10.7. The maximum Gasteiger partial charge on any atom is 0.134 e. The van der Waals surface area contributed by atoms with Crippen LogP contribution in [-0.4, -0.2) is 19.2 Å². The first-order chi connectivity index (χ1) is 7.29. The van der Waals surface area contributed by atoms with E-state index in [0.717, 1.165) is 37.5 Å². The molecule has 0 saturated carbocycles. The molecule has 2 atom stereocenters. The standard InChI is InChI=1S/C12H19NO2/c1-3-10-6-7-14-12(8-13-10)11-5-4-9(2)15-11/h4-5,10,12-13H,3,6-8H2,1-2H3. The van der Waals surface area contributed by atoms with Crippen LogP contribution in [0.15, 0.2) is 16.5 Å². The Labute approximate surface area is 90.8 Å². The number of hydrogen-bond donors (Lipinski definition) is 1. The molecule has 0 aliphatic carbocycles. The molecule has 15 heavy (non-hydrogen) atoms. The van der Waals surface area contributed by atoms with E-state index in [4.69, 9.17) is 9.15 Å². The van der Waals surface area contributed by atoms with Gasteiger partial charge >= 0.3 is 0 Å². The summed E-state index contributed by atoms with van der Waals surface area (Å²) in [4.78, 5) is 0. The van der Waals surface area contributed by atoms with Gasteiger partial charge in [-0.15, -0.1) is 0 Å². The average Bonchev–Trinajstić information content (AvgIpc) is 2.54. The Balaban J connectivity index is 1.99. The van der Waals surface area contributed by atoms with E-state index in [-0.39, 0.29) is 6.10 Å². The first-order valence-corrected chi connectivity index (χ1v) is 5.71. The lowest BCUT2D eigenvalue weighted by atomic mass is 10.1. The molecule has 3 nitrogen and oxygen atoms in total. The lowest BCUT2D eigenvalue weighted by molar-refractivity contribution is 0.0504. The predicted octanol–water partition coefficient (Wildman–Crippen LogP) is 2.42. The third-order valence-corrected chi connectivity index (χ3v) is 2.95. The Kier molecular flexibility index (Phi) is 3.44. The third kappa shape index (κ3) is 2.61. The van der Waals surface area contributed by atoms with Gasteiger partial charge in [0.15, 0.2) is 0 Å². The van der Waals surface area contributed by atoms with Crippen molar-refractivity contribution < 1.29 is 9.15 Å². The second-order valence-electron chi connectivity index (χ2n) is 4.11. The van der Waals surface area contributed by atoms with E-state index in [9.17, 15) is 0 Å². The van der Waals surface area contributed by atoms with E-state index in [2.05, 4.69) is 12.2 Å². The Morgan fingerprint density at radius 1 is 1.47 bits per heavy atom. The van der Waals surface area contributed by atoms with Crippen molar-refractivity contribution in [2.45, 2.75) is 38.8 Å². The number of rotatable bonds is 2. The number of ether oxygens (including phenoxy) is 1. The van der Waals surface area contributed by atoms with Crippen LogP contribution in [0.2, 0.25) is 0 Å². The summed E-state index contributed by atoms with van der Waals surface area (Å²) in [6, 6.07) is 4.58. The molecular formula is C12H19NO2. The molecule has 2 heterocycles. The fourth-order valence-electron chi connectivity index (χ4n) is 1.94. The van der Waals surface area contributed by atoms with Crippen molar-refractivity contribution in [3.05, 3.63) is 23.7 Å². The van der Waals surface area contributed by atoms with Gasteiger partial charge in [0, 0.05) is 19.2 Å². The molecule has 0 radical (unpaired) electrons. The molecular weight excluding hydrogens is 190 g/mol. The van der Waals surface area contributed by atoms with Crippen LogP contribution in [0.4, 0.5) is 0 Å². The molecule has 0 bridgehead atoms. The van der Waals surface area contributed by atoms with Crippen molar-refractivity contribution in [3.63, 3.8) is 0 Å². The smallest absolute Gasteiger partial charge is 0.134 e. The minimum Gasteiger partial charge on any atom is -0.464 e. The zero-order chi connectivity index (χ0) is 10.7. The Morgan fingerprint density at radius 3 is 3.00 bits per heavy atom. The summed E-state index contributed by atoms with van der Waals surface area (Å²) in [6.45, 7) is 5.83. The van der Waals surface area contributed by atoms with Crippen LogP contribution in [0.3, 0.4) is 0 Å². The van der Waals surface area contributed by atoms with E-state index in [0.29, 0.717) is 6.04 Å². The number of furan rings is 1. The molecule has 0 spiro atoms. The van der Waals surface area contributed by atoms with Crippen molar-refractivity contribution >= 4 is 0 Å². The van der Waals surface area contributed by atoms with Gasteiger partial charge in [0.05, 0.1) is 0 Å². The van der Waals surface area contributed by atoms with Crippen LogP contribution < -0.4 is 5.32 Å². The third-order valence-electron chi connectivity index (χ3n) is 2.95. The monoisotopic (exact) mass is 209 g/mol. The maximum absolute atomic E-state index is 5.78. The quantitative estimate of drug-likeness (QED) is 0.812. The first-order valence-electron chi connectivity index (χ1n) is 5.71. The molecule has 1 aromatic rings. The van der Waals surface area contributed by atoms with Gasteiger partial charge in [0.1, 0.15) is 17.6 Å². The van der Waals surface area contributed by atoms with Gasteiger partial charge in [-0.2, -0.15) is 0 Å². The van der Waals surface area contributed by atoms with Gasteiger partial charge in [-0.3, -0.25) is 0 Å². The van der Waals surface area contributed by atoms with Gasteiger partial charge in [0.25, 0.3) is 0 Å². The maximum atomic E-state index is 5.78. The highest BCUT2D eigenvalue weighted by molar-refractivity contribution is 5.09. The molecule has 0 aromatic carbocycles. The molecule has 1 fully saturated rings. The Bertz CT molecular complexity index is 308. The van der Waals surface area contributed by atoms with Crippen LogP contribution in [0.1, 0.15) is 37.4 Å². The minimum atomic E-state index is 0.0789. The summed E-state index contributed by atoms with van der Waals surface area (Å²) in [7, 11) is 0. The largest absolute Gasteiger partial charge is 0.464 e. The summed E-state index contributed by atoms with van der Waals surface area (Å²) in [5.74, 6) is 1.89. The van der Waals surface area contributed by atoms with Crippen LogP contribution in [0.25, 0.3) is 0 Å². The van der Waals surface area contributed by atoms with Crippen LogP contribution in [0.5, 0.6) is 0 Å². The van der Waals surface area contributed by atoms with Crippen molar-refractivity contribution in [3.8, 4) is 0 Å². The van der Waals surface area contributed by atoms with Crippen molar-refractivity contribution in [1.29, 1.82) is 0 Å². The molecule has 84 valence electrons. The zero-order valence-corrected chi connectivity index (χ0v) is 9.45. The van der Waals surface area contributed by atoms with Crippen molar-refractivity contribution in [2.75, 3.05) is 13.2 Å². The fourth-order valence-corrected chi connectivity index (χ4v) is 1.94. The Morgan fingerprint density at radius 2 is 2.33 bits per heavy atom. The molecule has 1 aromatic heterocycles. The van der Waals surface area contributed by atoms with E-state index >= 15 is 0 Å². The topological polar surface area (TPSA) is 34.4 Å². The van der Waals surface area contributed by atoms with Gasteiger partial charge in [0.2, 0.25) is 0 Å². The van der Waals surface area contributed by atoms with Crippen LogP contribution in [0, 0.1) is 6.92 Å². The second kappa shape index (κ2) is 4.81. The molecule has 2 unspecified atom stereocenters. The van der Waals surface area contributed by atoms with E-state index in [1.165, 1.54) is 0 Å². The number of nitrogens with one attached hydrogen (secondary N) is 1. The highest BCUT2D eigenvalue weighted by Gasteiger charge is 2.21. The molecule has 1 aliphatic heterocycles. The van der Waals surface area contributed by atoms with E-state index in [1.807, 2.05) is 19.1 Å². The van der Waals surface area contributed by atoms with E-state index < -0.39 is 0 Å². The molecule has 3 heteroatoms. The van der Waals surface area contributed by atoms with E-state index in [1.54, 1.807) is 0 Å². The van der Waals surface area contributed by atoms with Gasteiger partial charge < -0.3 is 14.5 Å². The van der Waals surface area contributed by atoms with Crippen LogP contribution >= 0.6 is 0 Å². The highest BCUT2D eigenvalue weighted by Crippen LogP contribution is 2.22. The van der Waals surface area contributed by atoms with Crippen LogP contribution in [-0.2, 0) is 4.74 Å². The summed E-state index contributed by atoms with van der Waals surface area (Å²) in [5.41, 5.74) is 0. The molecule has 1 saturated heterocycles. The molecule has 1 aliphatic rings. The highest BCUT2D eigenvalue weighted by atomic mass is 16.5. The summed E-state index contributed by atoms with van der Waals surface area (Å²) in [5, 5.41) is 3.50. The lowest BCUT2D eigenvalue weighted by Gasteiger charge is -2.13. The molecule has 0 amide bonds. The van der Waals surface area contributed by atoms with Crippen molar-refractivity contribution in [2.24, 2.45) is 0 Å². The van der Waals surface area contributed by atoms with Crippen molar-refractivity contribution in [1.82, 2.24) is 5.32 Å². The summed E-state index contributed by atoms with van der Waals surface area (Å²) < 4.78 is 11.4.